The zero-order valence-corrected chi connectivity index (χ0v) is 26.9. The van der Waals surface area contributed by atoms with Gasteiger partial charge in [0.2, 0.25) is 11.8 Å². The van der Waals surface area contributed by atoms with Gasteiger partial charge in [0, 0.05) is 43.4 Å². The van der Waals surface area contributed by atoms with Crippen molar-refractivity contribution in [3.63, 3.8) is 0 Å². The van der Waals surface area contributed by atoms with Gasteiger partial charge in [0.15, 0.2) is 0 Å². The van der Waals surface area contributed by atoms with Gasteiger partial charge in [0.1, 0.15) is 6.10 Å². The number of nitrogens with one attached hydrogen (secondary N) is 1. The first-order valence-corrected chi connectivity index (χ1v) is 16.9. The maximum Gasteiger partial charge on any atom is 0.264 e. The van der Waals surface area contributed by atoms with Gasteiger partial charge in [0.05, 0.1) is 16.6 Å². The monoisotopic (exact) mass is 625 g/mol. The number of sulfonamides is 1. The second kappa shape index (κ2) is 12.6. The number of nitrogens with zero attached hydrogens (tertiary/aromatic N) is 4. The predicted molar refractivity (Wildman–Crippen MR) is 175 cm³/mol. The standard InChI is InChI=1S/C35H39N5O4S/c1-23(2)18-30-31-22-39(21-26-12-6-5-7-13-26)16-17-40(30)34(41)27-14-9-15-28(19-27)45(42,43)38-35-36-29(20-32(37-35)44-31)33-24(3)10-8-11-25(33)4/h5-15,19-20,23,30-31H,16-18,21-22H2,1-4H3,(H,36,37,38)/t30-,31-/m0/s1. The molecule has 9 nitrogen and oxygen atoms in total. The van der Waals surface area contributed by atoms with Crippen molar-refractivity contribution in [3.8, 4) is 17.1 Å². The highest BCUT2D eigenvalue weighted by atomic mass is 32.2. The van der Waals surface area contributed by atoms with Crippen LogP contribution in [0.25, 0.3) is 11.3 Å². The van der Waals surface area contributed by atoms with Crippen LogP contribution < -0.4 is 9.46 Å². The lowest BCUT2D eigenvalue weighted by Gasteiger charge is -2.36. The number of amides is 1. The molecule has 6 rings (SSSR count). The van der Waals surface area contributed by atoms with Crippen molar-refractivity contribution in [2.45, 2.75) is 57.7 Å². The van der Waals surface area contributed by atoms with Gasteiger partial charge in [-0.3, -0.25) is 9.69 Å². The molecule has 6 bridgehead atoms. The number of aryl methyl sites for hydroxylation is 2. The quantitative estimate of drug-likeness (QED) is 0.304. The highest BCUT2D eigenvalue weighted by molar-refractivity contribution is 7.92. The Morgan fingerprint density at radius 1 is 0.933 bits per heavy atom. The van der Waals surface area contributed by atoms with E-state index in [-0.39, 0.29) is 34.6 Å². The molecule has 1 aromatic heterocycles. The molecule has 1 saturated heterocycles. The molecular formula is C35H39N5O4S. The van der Waals surface area contributed by atoms with Crippen LogP contribution >= 0.6 is 0 Å². The predicted octanol–water partition coefficient (Wildman–Crippen LogP) is 5.69. The number of anilines is 1. The Balaban J connectivity index is 1.53. The fourth-order valence-electron chi connectivity index (χ4n) is 6.37. The highest BCUT2D eigenvalue weighted by Crippen LogP contribution is 2.32. The zero-order chi connectivity index (χ0) is 31.7. The van der Waals surface area contributed by atoms with Crippen LogP contribution in [0.15, 0.2) is 83.8 Å². The molecule has 4 aromatic rings. The molecule has 1 fully saturated rings. The van der Waals surface area contributed by atoms with E-state index in [0.717, 1.165) is 16.7 Å². The molecule has 10 heteroatoms. The maximum atomic E-state index is 14.3. The van der Waals surface area contributed by atoms with E-state index >= 15 is 0 Å². The minimum absolute atomic E-state index is 0.0337. The summed E-state index contributed by atoms with van der Waals surface area (Å²) in [4.78, 5) is 27.7. The first-order chi connectivity index (χ1) is 21.6. The molecule has 2 aliphatic heterocycles. The van der Waals surface area contributed by atoms with Gasteiger partial charge in [-0.1, -0.05) is 68.4 Å². The number of aromatic nitrogens is 2. The molecule has 1 N–H and O–H groups in total. The lowest BCUT2D eigenvalue weighted by molar-refractivity contribution is 0.0418. The van der Waals surface area contributed by atoms with Crippen LogP contribution in [0.5, 0.6) is 5.88 Å². The number of ether oxygens (including phenoxy) is 1. The number of fused-ring (bicyclic) bond motifs is 6. The number of carbonyl (C=O) groups is 1. The van der Waals surface area contributed by atoms with E-state index in [4.69, 9.17) is 4.74 Å². The molecule has 0 unspecified atom stereocenters. The molecule has 234 valence electrons. The smallest absolute Gasteiger partial charge is 0.264 e. The van der Waals surface area contributed by atoms with Gasteiger partial charge in [0.25, 0.3) is 15.9 Å². The Morgan fingerprint density at radius 3 is 2.40 bits per heavy atom. The Bertz CT molecular complexity index is 1790. The molecule has 1 amide bonds. The summed E-state index contributed by atoms with van der Waals surface area (Å²) in [5.41, 5.74) is 4.92. The second-order valence-electron chi connectivity index (χ2n) is 12.4. The van der Waals surface area contributed by atoms with E-state index in [0.29, 0.717) is 43.9 Å². The van der Waals surface area contributed by atoms with E-state index in [1.54, 1.807) is 18.2 Å². The van der Waals surface area contributed by atoms with Crippen LogP contribution in [-0.2, 0) is 16.6 Å². The van der Waals surface area contributed by atoms with Crippen molar-refractivity contribution in [3.05, 3.63) is 101 Å². The first kappa shape index (κ1) is 30.7. The minimum atomic E-state index is -4.12. The molecule has 3 heterocycles. The van der Waals surface area contributed by atoms with Crippen molar-refractivity contribution < 1.29 is 17.9 Å². The third kappa shape index (κ3) is 6.72. The summed E-state index contributed by atoms with van der Waals surface area (Å²) >= 11 is 0. The third-order valence-electron chi connectivity index (χ3n) is 8.48. The summed E-state index contributed by atoms with van der Waals surface area (Å²) in [7, 11) is -4.12. The van der Waals surface area contributed by atoms with Gasteiger partial charge < -0.3 is 9.64 Å². The second-order valence-corrected chi connectivity index (χ2v) is 14.1. The van der Waals surface area contributed by atoms with Crippen molar-refractivity contribution in [2.75, 3.05) is 24.4 Å². The Labute approximate surface area is 265 Å². The summed E-state index contributed by atoms with van der Waals surface area (Å²) in [5, 5.41) is 0. The van der Waals surface area contributed by atoms with Gasteiger partial charge in [-0.2, -0.15) is 4.98 Å². The van der Waals surface area contributed by atoms with Crippen molar-refractivity contribution in [1.82, 2.24) is 19.8 Å². The molecule has 0 aliphatic carbocycles. The normalized spacial score (nSPS) is 19.8. The third-order valence-corrected chi connectivity index (χ3v) is 9.80. The average Bonchev–Trinajstić information content (AvgIpc) is 3.15. The Kier molecular flexibility index (Phi) is 8.61. The Hall–Kier alpha value is -4.28. The van der Waals surface area contributed by atoms with Crippen LogP contribution in [0.2, 0.25) is 0 Å². The summed E-state index contributed by atoms with van der Waals surface area (Å²) in [6, 6.07) is 23.9. The lowest BCUT2D eigenvalue weighted by atomic mass is 9.96. The molecule has 2 aliphatic rings. The highest BCUT2D eigenvalue weighted by Gasteiger charge is 2.38. The van der Waals surface area contributed by atoms with Crippen LogP contribution in [0, 0.1) is 19.8 Å². The zero-order valence-electron chi connectivity index (χ0n) is 26.1. The summed E-state index contributed by atoms with van der Waals surface area (Å²) in [6.07, 6.45) is 0.254. The topological polar surface area (TPSA) is 105 Å². The fraction of sp³-hybridized carbons (Fsp3) is 0.343. The number of carbonyl (C=O) groups excluding carboxylic acids is 1. The number of hydrogen-bond donors (Lipinski definition) is 1. The van der Waals surface area contributed by atoms with Crippen LogP contribution in [0.3, 0.4) is 0 Å². The first-order valence-electron chi connectivity index (χ1n) is 15.4. The van der Waals surface area contributed by atoms with E-state index in [2.05, 4.69) is 45.6 Å². The molecule has 45 heavy (non-hydrogen) atoms. The summed E-state index contributed by atoms with van der Waals surface area (Å²) in [5.74, 6) is 0.209. The van der Waals surface area contributed by atoms with E-state index in [1.807, 2.05) is 55.1 Å². The fourth-order valence-corrected chi connectivity index (χ4v) is 7.36. The van der Waals surface area contributed by atoms with Crippen molar-refractivity contribution in [2.24, 2.45) is 5.92 Å². The van der Waals surface area contributed by atoms with E-state index in [9.17, 15) is 13.2 Å². The molecular weight excluding hydrogens is 586 g/mol. The molecule has 0 radical (unpaired) electrons. The van der Waals surface area contributed by atoms with Crippen molar-refractivity contribution in [1.29, 1.82) is 0 Å². The minimum Gasteiger partial charge on any atom is -0.471 e. The van der Waals surface area contributed by atoms with Gasteiger partial charge in [-0.15, -0.1) is 0 Å². The molecule has 2 atom stereocenters. The summed E-state index contributed by atoms with van der Waals surface area (Å²) in [6.45, 7) is 10.6. The van der Waals surface area contributed by atoms with Gasteiger partial charge in [-0.05, 0) is 61.1 Å². The van der Waals surface area contributed by atoms with Crippen LogP contribution in [-0.4, -0.2) is 65.9 Å². The lowest BCUT2D eigenvalue weighted by Crippen LogP contribution is -2.50. The SMILES string of the molecule is Cc1cccc(C)c1-c1cc2nc(n1)NS(=O)(=O)c1cccc(c1)C(=O)N1CCN(Cc3ccccc3)C[C@H](O2)[C@@H]1CC(C)C. The summed E-state index contributed by atoms with van der Waals surface area (Å²) < 4.78 is 36.6. The van der Waals surface area contributed by atoms with E-state index in [1.165, 1.54) is 17.7 Å². The average molecular weight is 626 g/mol. The van der Waals surface area contributed by atoms with Gasteiger partial charge >= 0.3 is 0 Å². The molecule has 0 spiro atoms. The molecule has 3 aromatic carbocycles. The van der Waals surface area contributed by atoms with Crippen LogP contribution in [0.1, 0.15) is 47.3 Å². The number of hydrogen-bond acceptors (Lipinski definition) is 7. The molecule has 0 saturated carbocycles. The maximum absolute atomic E-state index is 14.3. The van der Waals surface area contributed by atoms with Crippen LogP contribution in [0.4, 0.5) is 5.95 Å². The Morgan fingerprint density at radius 2 is 1.67 bits per heavy atom. The largest absolute Gasteiger partial charge is 0.471 e. The van der Waals surface area contributed by atoms with Gasteiger partial charge in [-0.25, -0.2) is 18.1 Å². The van der Waals surface area contributed by atoms with E-state index < -0.39 is 16.1 Å². The number of benzene rings is 3. The van der Waals surface area contributed by atoms with Crippen molar-refractivity contribution >= 4 is 21.9 Å². The number of rotatable bonds is 5.